The number of unbranched alkanes of at least 4 members (excludes halogenated alkanes) is 8. The van der Waals surface area contributed by atoms with Crippen molar-refractivity contribution >= 4 is 35.4 Å². The molecule has 4 aliphatic rings. The third kappa shape index (κ3) is 22.7. The molecule has 16 N–H and O–H groups in total. The van der Waals surface area contributed by atoms with Crippen molar-refractivity contribution in [1.82, 2.24) is 42.5 Å². The number of hydrogen-bond donors (Lipinski definition) is 12. The van der Waals surface area contributed by atoms with E-state index in [2.05, 4.69) is 42.5 Å². The molecule has 0 unspecified atom stereocenters. The molecule has 4 fully saturated rings. The van der Waals surface area contributed by atoms with E-state index in [1.807, 2.05) is 0 Å². The minimum atomic E-state index is -0.428. The minimum Gasteiger partial charge on any atom is -0.496 e. The minimum absolute atomic E-state index is 0.0200. The van der Waals surface area contributed by atoms with Crippen molar-refractivity contribution in [3.8, 4) is 34.5 Å². The van der Waals surface area contributed by atoms with E-state index in [-0.39, 0.29) is 105 Å². The number of hydrogen-bond acceptors (Lipinski definition) is 18. The van der Waals surface area contributed by atoms with Gasteiger partial charge in [-0.3, -0.25) is 28.8 Å². The molecule has 0 atom stereocenters. The summed E-state index contributed by atoms with van der Waals surface area (Å²) >= 11 is 0. The zero-order chi connectivity index (χ0) is 65.5. The fourth-order valence-corrected chi connectivity index (χ4v) is 12.3. The predicted molar refractivity (Wildman–Crippen MR) is 355 cm³/mol. The molecule has 2 saturated carbocycles. The molecule has 3 aromatic carbocycles. The highest BCUT2D eigenvalue weighted by atomic mass is 16.5. The molecular formula is C68H106N12O12. The second kappa shape index (κ2) is 39.6. The Kier molecular flexibility index (Phi) is 31.2. The van der Waals surface area contributed by atoms with Gasteiger partial charge in [0.1, 0.15) is 34.5 Å². The number of ether oxygens (including phenoxy) is 6. The Morgan fingerprint density at radius 2 is 0.522 bits per heavy atom. The maximum absolute atomic E-state index is 14.4. The lowest BCUT2D eigenvalue weighted by Crippen LogP contribution is -2.44. The van der Waals surface area contributed by atoms with Crippen LogP contribution in [0.2, 0.25) is 0 Å². The summed E-state index contributed by atoms with van der Waals surface area (Å²) in [5.74, 6) is -0.424. The summed E-state index contributed by atoms with van der Waals surface area (Å²) in [6.07, 6.45) is 17.4. The van der Waals surface area contributed by atoms with Crippen LogP contribution in [0.3, 0.4) is 0 Å². The molecule has 510 valence electrons. The molecule has 0 aromatic heterocycles. The Morgan fingerprint density at radius 3 is 0.739 bits per heavy atom. The third-order valence-corrected chi connectivity index (χ3v) is 17.7. The van der Waals surface area contributed by atoms with E-state index in [1.54, 1.807) is 24.3 Å². The summed E-state index contributed by atoms with van der Waals surface area (Å²) in [4.78, 5) is 85.2. The number of benzene rings is 3. The van der Waals surface area contributed by atoms with Gasteiger partial charge in [0.05, 0.1) is 74.0 Å². The van der Waals surface area contributed by atoms with Gasteiger partial charge in [0.15, 0.2) is 0 Å². The molecule has 92 heavy (non-hydrogen) atoms. The number of carbonyl (C=O) groups is 6. The van der Waals surface area contributed by atoms with Crippen LogP contribution in [0.5, 0.6) is 34.5 Å². The molecule has 2 aliphatic carbocycles. The van der Waals surface area contributed by atoms with Crippen molar-refractivity contribution in [2.24, 2.45) is 22.9 Å². The number of nitrogens with two attached hydrogens (primary N) is 4. The van der Waals surface area contributed by atoms with Crippen molar-refractivity contribution in [2.75, 3.05) is 93.0 Å². The summed E-state index contributed by atoms with van der Waals surface area (Å²) in [6, 6.07) is 8.54. The first-order valence-electron chi connectivity index (χ1n) is 34.1. The molecule has 2 saturated heterocycles. The topological polar surface area (TPSA) is 358 Å². The SMILES string of the molecule is COc1cc(OC)c(C(=O)N[C@H]2CC[C@@H](NC(=O)c3cc(C(=O)NC4CCNCC4)c(OCCCCCN)cc3OCCCCCN)CC2)cc1C(=O)N[C@H]1CC[C@@H](NC(=O)c2cc(C(=O)NC3CCNCC3)c(OCCCCCN)cc2OCCCCCN)CC1. The second-order valence-electron chi connectivity index (χ2n) is 24.7. The average Bonchev–Trinajstić information content (AvgIpc) is 0.851. The van der Waals surface area contributed by atoms with Crippen molar-refractivity contribution in [1.29, 1.82) is 0 Å². The van der Waals surface area contributed by atoms with Gasteiger partial charge in [-0.2, -0.15) is 0 Å². The number of carbonyl (C=O) groups excluding carboxylic acids is 6. The monoisotopic (exact) mass is 1280 g/mol. The van der Waals surface area contributed by atoms with E-state index in [4.69, 9.17) is 51.4 Å². The van der Waals surface area contributed by atoms with Crippen molar-refractivity contribution < 1.29 is 57.2 Å². The Labute approximate surface area is 543 Å². The number of nitrogens with one attached hydrogen (secondary N) is 8. The van der Waals surface area contributed by atoms with Crippen LogP contribution in [0.15, 0.2) is 36.4 Å². The van der Waals surface area contributed by atoms with Crippen molar-refractivity contribution in [3.63, 3.8) is 0 Å². The highest BCUT2D eigenvalue weighted by Gasteiger charge is 2.32. The summed E-state index contributed by atoms with van der Waals surface area (Å²) in [7, 11) is 2.90. The summed E-state index contributed by atoms with van der Waals surface area (Å²) < 4.78 is 36.4. The predicted octanol–water partition coefficient (Wildman–Crippen LogP) is 5.64. The highest BCUT2D eigenvalue weighted by Crippen LogP contribution is 2.35. The Bertz CT molecular complexity index is 2630. The van der Waals surface area contributed by atoms with Gasteiger partial charge in [0, 0.05) is 54.5 Å². The van der Waals surface area contributed by atoms with Gasteiger partial charge >= 0.3 is 0 Å². The van der Waals surface area contributed by atoms with Gasteiger partial charge in [-0.25, -0.2) is 0 Å². The molecule has 2 aliphatic heterocycles. The fraction of sp³-hybridized carbons (Fsp3) is 0.647. The zero-order valence-corrected chi connectivity index (χ0v) is 54.6. The molecule has 2 heterocycles. The molecule has 3 aromatic rings. The van der Waals surface area contributed by atoms with Crippen LogP contribution in [0.25, 0.3) is 0 Å². The number of rotatable bonds is 38. The Hall–Kier alpha value is -6.96. The molecule has 0 bridgehead atoms. The second-order valence-corrected chi connectivity index (χ2v) is 24.7. The zero-order valence-electron chi connectivity index (χ0n) is 54.6. The molecule has 7 rings (SSSR count). The van der Waals surface area contributed by atoms with Crippen LogP contribution in [0.4, 0.5) is 0 Å². The number of piperidine rings is 2. The lowest BCUT2D eigenvalue weighted by atomic mass is 9.90. The van der Waals surface area contributed by atoms with Crippen LogP contribution < -0.4 is 93.9 Å². The largest absolute Gasteiger partial charge is 0.496 e. The lowest BCUT2D eigenvalue weighted by Gasteiger charge is -2.30. The van der Waals surface area contributed by atoms with Gasteiger partial charge in [-0.15, -0.1) is 0 Å². The van der Waals surface area contributed by atoms with Crippen LogP contribution >= 0.6 is 0 Å². The van der Waals surface area contributed by atoms with Gasteiger partial charge < -0.3 is 93.9 Å². The van der Waals surface area contributed by atoms with Crippen LogP contribution in [0.1, 0.15) is 216 Å². The van der Waals surface area contributed by atoms with Gasteiger partial charge in [-0.05, 0) is 225 Å². The van der Waals surface area contributed by atoms with Gasteiger partial charge in [-0.1, -0.05) is 0 Å². The first kappa shape index (κ1) is 72.5. The molecule has 0 spiro atoms. The van der Waals surface area contributed by atoms with E-state index in [0.717, 1.165) is 129 Å². The maximum atomic E-state index is 14.4. The van der Waals surface area contributed by atoms with Crippen LogP contribution in [-0.2, 0) is 0 Å². The fourth-order valence-electron chi connectivity index (χ4n) is 12.3. The first-order chi connectivity index (χ1) is 44.9. The third-order valence-electron chi connectivity index (χ3n) is 17.7. The number of methoxy groups -OCH3 is 2. The van der Waals surface area contributed by atoms with E-state index in [1.165, 1.54) is 26.4 Å². The smallest absolute Gasteiger partial charge is 0.255 e. The summed E-state index contributed by atoms with van der Waals surface area (Å²) in [5, 5.41) is 25.7. The van der Waals surface area contributed by atoms with Gasteiger partial charge in [0.25, 0.3) is 35.4 Å². The molecule has 24 heteroatoms. The van der Waals surface area contributed by atoms with Crippen LogP contribution in [-0.4, -0.2) is 165 Å². The van der Waals surface area contributed by atoms with E-state index < -0.39 is 11.8 Å². The van der Waals surface area contributed by atoms with E-state index in [9.17, 15) is 28.8 Å². The Balaban J connectivity index is 0.971. The molecule has 6 amide bonds. The quantitative estimate of drug-likeness (QED) is 0.0309. The summed E-state index contributed by atoms with van der Waals surface area (Å²) in [5.41, 5.74) is 24.3. The van der Waals surface area contributed by atoms with E-state index in [0.29, 0.717) is 127 Å². The van der Waals surface area contributed by atoms with E-state index >= 15 is 0 Å². The first-order valence-corrected chi connectivity index (χ1v) is 34.1. The standard InChI is InChI=1S/C68H106N12O12/c1-87-57-42-58(88-2)52(64(82)76-46-17-21-48(22-18-46)78-66(84)54-41-56(68(86)80-50-25-33-74-34-26-50)62(92-38-14-6-10-30-72)44-60(54)90-36-12-4-8-28-70)39-51(57)63(81)75-45-15-19-47(20-16-45)77-65(83)53-40-55(67(85)79-49-23-31-73-32-24-49)61(91-37-13-5-9-29-71)43-59(53)89-35-11-3-7-27-69/h39-50,73-74H,3-38,69-72H2,1-2H3,(H,75,81)(H,76,82)(H,77,83)(H,78,84)(H,79,85)(H,80,86)/t45-,46-,47+,48+. The van der Waals surface area contributed by atoms with Gasteiger partial charge in [0.2, 0.25) is 0 Å². The normalized spacial score (nSPS) is 18.6. The molecule has 24 nitrogen and oxygen atoms in total. The number of amides is 6. The molecular weight excluding hydrogens is 1180 g/mol. The maximum Gasteiger partial charge on any atom is 0.255 e. The highest BCUT2D eigenvalue weighted by molar-refractivity contribution is 6.05. The van der Waals surface area contributed by atoms with Crippen molar-refractivity contribution in [3.05, 3.63) is 69.8 Å². The molecule has 0 radical (unpaired) electrons. The van der Waals surface area contributed by atoms with Crippen molar-refractivity contribution in [2.45, 2.75) is 190 Å². The average molecular weight is 1280 g/mol. The lowest BCUT2D eigenvalue weighted by molar-refractivity contribution is 0.0882. The summed E-state index contributed by atoms with van der Waals surface area (Å²) in [6.45, 7) is 6.93. The van der Waals surface area contributed by atoms with Crippen LogP contribution in [0, 0.1) is 0 Å². The Morgan fingerprint density at radius 1 is 0.315 bits per heavy atom.